The fourth-order valence-electron chi connectivity index (χ4n) is 3.88. The number of rotatable bonds is 9. The minimum Gasteiger partial charge on any atom is -0.493 e. The number of carbonyl (C=O) groups excluding carboxylic acids is 2. The molecule has 3 aromatic carbocycles. The van der Waals surface area contributed by atoms with Crippen molar-refractivity contribution in [3.8, 4) is 17.2 Å². The number of halogens is 2. The van der Waals surface area contributed by atoms with Gasteiger partial charge in [0.15, 0.2) is 11.5 Å². The van der Waals surface area contributed by atoms with Crippen LogP contribution in [0.25, 0.3) is 6.08 Å². The highest BCUT2D eigenvalue weighted by Crippen LogP contribution is 2.39. The van der Waals surface area contributed by atoms with Crippen LogP contribution in [0.5, 0.6) is 17.2 Å². The van der Waals surface area contributed by atoms with Crippen LogP contribution in [0.1, 0.15) is 37.5 Å². The lowest BCUT2D eigenvalue weighted by Gasteiger charge is -2.19. The van der Waals surface area contributed by atoms with Gasteiger partial charge >= 0.3 is 0 Å². The maximum absolute atomic E-state index is 13.0. The smallest absolute Gasteiger partial charge is 0.293 e. The van der Waals surface area contributed by atoms with Gasteiger partial charge in [-0.3, -0.25) is 14.5 Å². The van der Waals surface area contributed by atoms with E-state index in [0.29, 0.717) is 39.7 Å². The molecular weight excluding hydrogens is 646 g/mol. The van der Waals surface area contributed by atoms with Crippen LogP contribution in [0, 0.1) is 0 Å². The average molecular weight is 675 g/mol. The third kappa shape index (κ3) is 7.47. The molecule has 0 saturated carbocycles. The molecule has 9 heteroatoms. The zero-order valence-corrected chi connectivity index (χ0v) is 26.1. The van der Waals surface area contributed by atoms with Crippen LogP contribution >= 0.6 is 43.6 Å². The van der Waals surface area contributed by atoms with E-state index in [9.17, 15) is 9.59 Å². The van der Waals surface area contributed by atoms with E-state index in [0.717, 1.165) is 27.5 Å². The van der Waals surface area contributed by atoms with Crippen molar-refractivity contribution in [1.82, 2.24) is 4.90 Å². The summed E-state index contributed by atoms with van der Waals surface area (Å²) < 4.78 is 18.9. The maximum atomic E-state index is 13.0. The van der Waals surface area contributed by atoms with Gasteiger partial charge in [-0.05, 0) is 92.3 Å². The number of ether oxygens (including phenoxy) is 3. The first-order valence-corrected chi connectivity index (χ1v) is 14.7. The van der Waals surface area contributed by atoms with E-state index in [1.54, 1.807) is 19.3 Å². The number of amides is 2. The summed E-state index contributed by atoms with van der Waals surface area (Å²) >= 11 is 7.87. The molecule has 0 N–H and O–H groups in total. The SMILES string of the molecule is COc1cc(/C=C2\SC(=O)N(Cc3ccc(Br)cc3)C2=O)cc(Br)c1OCCOc1ccc(C(C)(C)C)cc1. The predicted octanol–water partition coefficient (Wildman–Crippen LogP) is 8.21. The summed E-state index contributed by atoms with van der Waals surface area (Å²) in [6.07, 6.45) is 1.69. The van der Waals surface area contributed by atoms with Crippen molar-refractivity contribution in [2.24, 2.45) is 0 Å². The van der Waals surface area contributed by atoms with Gasteiger partial charge in [0.25, 0.3) is 11.1 Å². The quantitative estimate of drug-likeness (QED) is 0.168. The number of nitrogens with zero attached hydrogens (tertiary/aromatic N) is 1. The van der Waals surface area contributed by atoms with Crippen molar-refractivity contribution >= 4 is 60.8 Å². The van der Waals surface area contributed by atoms with Crippen LogP contribution in [0.2, 0.25) is 0 Å². The summed E-state index contributed by atoms with van der Waals surface area (Å²) in [5, 5.41) is -0.298. The Bertz CT molecular complexity index is 1380. The minimum atomic E-state index is -0.323. The third-order valence-electron chi connectivity index (χ3n) is 6.00. The second-order valence-corrected chi connectivity index (χ2v) is 12.7. The number of thioether (sulfide) groups is 1. The Balaban J connectivity index is 1.39. The first kappa shape index (κ1) is 29.2. The molecule has 0 aliphatic carbocycles. The van der Waals surface area contributed by atoms with Crippen LogP contribution in [0.4, 0.5) is 4.79 Å². The van der Waals surface area contributed by atoms with E-state index in [4.69, 9.17) is 14.2 Å². The van der Waals surface area contributed by atoms with Crippen LogP contribution in [0.15, 0.2) is 74.5 Å². The second kappa shape index (κ2) is 12.6. The molecule has 1 heterocycles. The predicted molar refractivity (Wildman–Crippen MR) is 162 cm³/mol. The minimum absolute atomic E-state index is 0.0885. The molecule has 4 rings (SSSR count). The Labute approximate surface area is 250 Å². The first-order valence-electron chi connectivity index (χ1n) is 12.3. The van der Waals surface area contributed by atoms with Gasteiger partial charge in [-0.1, -0.05) is 61.0 Å². The molecule has 1 saturated heterocycles. The lowest BCUT2D eigenvalue weighted by Crippen LogP contribution is -2.27. The molecule has 1 aliphatic rings. The molecule has 0 aromatic heterocycles. The number of carbonyl (C=O) groups is 2. The van der Waals surface area contributed by atoms with Crippen LogP contribution in [0.3, 0.4) is 0 Å². The fraction of sp³-hybridized carbons (Fsp3) is 0.267. The van der Waals surface area contributed by atoms with E-state index in [1.165, 1.54) is 10.5 Å². The molecule has 204 valence electrons. The summed E-state index contributed by atoms with van der Waals surface area (Å²) in [6.45, 7) is 7.41. The van der Waals surface area contributed by atoms with Gasteiger partial charge in [0.1, 0.15) is 19.0 Å². The number of methoxy groups -OCH3 is 1. The summed E-state index contributed by atoms with van der Waals surface area (Å²) in [4.78, 5) is 27.1. The zero-order valence-electron chi connectivity index (χ0n) is 22.1. The van der Waals surface area contributed by atoms with Crippen LogP contribution < -0.4 is 14.2 Å². The average Bonchev–Trinajstić information content (AvgIpc) is 3.15. The molecular formula is C30H29Br2NO5S. The standard InChI is InChI=1S/C30H29Br2NO5S/c1-30(2,3)21-7-11-23(12-8-21)37-13-14-38-27-24(32)15-20(16-25(27)36-4)17-26-28(34)33(29(35)39-26)18-19-5-9-22(31)10-6-19/h5-12,15-17H,13-14,18H2,1-4H3/b26-17-. The van der Waals surface area contributed by atoms with Crippen molar-refractivity contribution in [2.75, 3.05) is 20.3 Å². The molecule has 6 nitrogen and oxygen atoms in total. The van der Waals surface area contributed by atoms with Gasteiger partial charge in [-0.25, -0.2) is 0 Å². The Kier molecular flexibility index (Phi) is 9.46. The first-order chi connectivity index (χ1) is 18.5. The fourth-order valence-corrected chi connectivity index (χ4v) is 5.55. The molecule has 3 aromatic rings. The highest BCUT2D eigenvalue weighted by atomic mass is 79.9. The van der Waals surface area contributed by atoms with E-state index < -0.39 is 0 Å². The topological polar surface area (TPSA) is 65.1 Å². The lowest BCUT2D eigenvalue weighted by molar-refractivity contribution is -0.123. The largest absolute Gasteiger partial charge is 0.493 e. The highest BCUT2D eigenvalue weighted by molar-refractivity contribution is 9.10. The normalized spacial score (nSPS) is 14.7. The molecule has 0 radical (unpaired) electrons. The summed E-state index contributed by atoms with van der Waals surface area (Å²) in [6, 6.07) is 19.2. The Morgan fingerprint density at radius 1 is 0.923 bits per heavy atom. The monoisotopic (exact) mass is 673 g/mol. The number of imide groups is 1. The lowest BCUT2D eigenvalue weighted by atomic mass is 9.87. The maximum Gasteiger partial charge on any atom is 0.293 e. The third-order valence-corrected chi connectivity index (χ3v) is 8.02. The van der Waals surface area contributed by atoms with Gasteiger partial charge in [-0.15, -0.1) is 0 Å². The molecule has 1 aliphatic heterocycles. The van der Waals surface area contributed by atoms with Gasteiger partial charge in [0.2, 0.25) is 0 Å². The number of hydrogen-bond donors (Lipinski definition) is 0. The summed E-state index contributed by atoms with van der Waals surface area (Å²) in [5.41, 5.74) is 2.91. The number of benzene rings is 3. The Morgan fingerprint density at radius 3 is 2.23 bits per heavy atom. The Hall–Kier alpha value is -2.75. The van der Waals surface area contributed by atoms with Crippen molar-refractivity contribution in [2.45, 2.75) is 32.7 Å². The van der Waals surface area contributed by atoms with Crippen LogP contribution in [-0.2, 0) is 16.8 Å². The van der Waals surface area contributed by atoms with Gasteiger partial charge in [-0.2, -0.15) is 0 Å². The van der Waals surface area contributed by atoms with Gasteiger partial charge in [0.05, 0.1) is 23.0 Å². The molecule has 0 bridgehead atoms. The molecule has 0 unspecified atom stereocenters. The zero-order chi connectivity index (χ0) is 28.2. The van der Waals surface area contributed by atoms with Crippen molar-refractivity contribution < 1.29 is 23.8 Å². The van der Waals surface area contributed by atoms with E-state index in [2.05, 4.69) is 64.8 Å². The Morgan fingerprint density at radius 2 is 1.59 bits per heavy atom. The summed E-state index contributed by atoms with van der Waals surface area (Å²) in [7, 11) is 1.55. The molecule has 1 fully saturated rings. The van der Waals surface area contributed by atoms with Crippen LogP contribution in [-0.4, -0.2) is 36.4 Å². The highest BCUT2D eigenvalue weighted by Gasteiger charge is 2.35. The van der Waals surface area contributed by atoms with Crippen molar-refractivity contribution in [1.29, 1.82) is 0 Å². The molecule has 0 spiro atoms. The van der Waals surface area contributed by atoms with Crippen molar-refractivity contribution in [3.05, 3.63) is 91.2 Å². The summed E-state index contributed by atoms with van der Waals surface area (Å²) in [5.74, 6) is 1.49. The molecule has 2 amide bonds. The number of hydrogen-bond acceptors (Lipinski definition) is 6. The molecule has 0 atom stereocenters. The van der Waals surface area contributed by atoms with E-state index in [1.807, 2.05) is 42.5 Å². The van der Waals surface area contributed by atoms with Crippen molar-refractivity contribution in [3.63, 3.8) is 0 Å². The van der Waals surface area contributed by atoms with Gasteiger partial charge in [0, 0.05) is 4.47 Å². The second-order valence-electron chi connectivity index (χ2n) is 9.90. The van der Waals surface area contributed by atoms with Gasteiger partial charge < -0.3 is 14.2 Å². The molecule has 39 heavy (non-hydrogen) atoms. The van der Waals surface area contributed by atoms with E-state index >= 15 is 0 Å². The van der Waals surface area contributed by atoms with E-state index in [-0.39, 0.29) is 23.1 Å².